The van der Waals surface area contributed by atoms with Gasteiger partial charge >= 0.3 is 5.97 Å². The third-order valence-corrected chi connectivity index (χ3v) is 2.60. The number of carboxylic acid groups (broad SMARTS) is 1. The van der Waals surface area contributed by atoms with Crippen LogP contribution >= 0.6 is 11.6 Å². The fourth-order valence-corrected chi connectivity index (χ4v) is 1.62. The number of ether oxygens (including phenoxy) is 1. The fraction of sp³-hybridized carbons (Fsp3) is 0.0769. The van der Waals surface area contributed by atoms with Crippen LogP contribution in [0.1, 0.15) is 15.9 Å². The summed E-state index contributed by atoms with van der Waals surface area (Å²) in [5.41, 5.74) is 0.289. The summed E-state index contributed by atoms with van der Waals surface area (Å²) in [7, 11) is 0. The summed E-state index contributed by atoms with van der Waals surface area (Å²) in [6, 6.07) is 5.45. The van der Waals surface area contributed by atoms with Crippen LogP contribution in [0.3, 0.4) is 0 Å². The molecule has 0 amide bonds. The van der Waals surface area contributed by atoms with Gasteiger partial charge in [-0.05, 0) is 24.3 Å². The number of rotatable bonds is 4. The Morgan fingerprint density at radius 3 is 2.89 bits per heavy atom. The predicted octanol–water partition coefficient (Wildman–Crippen LogP) is 3.15. The van der Waals surface area contributed by atoms with Crippen LogP contribution in [0.4, 0.5) is 4.39 Å². The maximum Gasteiger partial charge on any atom is 0.337 e. The molecule has 0 fully saturated rings. The Balaban J connectivity index is 2.12. The van der Waals surface area contributed by atoms with Crippen molar-refractivity contribution in [1.82, 2.24) is 4.98 Å². The molecule has 0 saturated heterocycles. The highest BCUT2D eigenvalue weighted by molar-refractivity contribution is 6.30. The van der Waals surface area contributed by atoms with Gasteiger partial charge in [0.05, 0.1) is 11.8 Å². The molecular weight excluding hydrogens is 273 g/mol. The van der Waals surface area contributed by atoms with E-state index in [0.29, 0.717) is 5.02 Å². The molecule has 4 nitrogen and oxygen atoms in total. The number of hydrogen-bond acceptors (Lipinski definition) is 3. The predicted molar refractivity (Wildman–Crippen MR) is 66.9 cm³/mol. The number of carboxylic acids is 1. The van der Waals surface area contributed by atoms with Crippen molar-refractivity contribution in [3.8, 4) is 5.75 Å². The normalized spacial score (nSPS) is 10.2. The van der Waals surface area contributed by atoms with Crippen LogP contribution < -0.4 is 4.74 Å². The van der Waals surface area contributed by atoms with Gasteiger partial charge in [0.2, 0.25) is 0 Å². The molecule has 19 heavy (non-hydrogen) atoms. The highest BCUT2D eigenvalue weighted by Crippen LogP contribution is 2.18. The highest BCUT2D eigenvalue weighted by atomic mass is 35.5. The van der Waals surface area contributed by atoms with E-state index in [1.807, 2.05) is 0 Å². The zero-order chi connectivity index (χ0) is 13.8. The summed E-state index contributed by atoms with van der Waals surface area (Å²) in [4.78, 5) is 14.5. The van der Waals surface area contributed by atoms with E-state index in [-0.39, 0.29) is 23.5 Å². The van der Waals surface area contributed by atoms with Crippen LogP contribution in [0.15, 0.2) is 36.7 Å². The van der Waals surface area contributed by atoms with Gasteiger partial charge in [0.25, 0.3) is 0 Å². The zero-order valence-electron chi connectivity index (χ0n) is 9.64. The minimum absolute atomic E-state index is 0.00376. The van der Waals surface area contributed by atoms with E-state index in [0.717, 1.165) is 0 Å². The molecule has 0 aliphatic heterocycles. The third kappa shape index (κ3) is 3.42. The molecule has 6 heteroatoms. The molecule has 2 aromatic rings. The number of benzene rings is 1. The van der Waals surface area contributed by atoms with Crippen molar-refractivity contribution >= 4 is 17.6 Å². The van der Waals surface area contributed by atoms with Gasteiger partial charge in [0.15, 0.2) is 0 Å². The molecule has 0 atom stereocenters. The molecule has 0 spiro atoms. The second-order valence-corrected chi connectivity index (χ2v) is 4.18. The number of aromatic nitrogens is 1. The van der Waals surface area contributed by atoms with Gasteiger partial charge in [-0.3, -0.25) is 4.98 Å². The average molecular weight is 282 g/mol. The number of pyridine rings is 1. The zero-order valence-corrected chi connectivity index (χ0v) is 10.4. The first-order valence-corrected chi connectivity index (χ1v) is 5.69. The van der Waals surface area contributed by atoms with Gasteiger partial charge in [-0.1, -0.05) is 11.6 Å². The van der Waals surface area contributed by atoms with E-state index in [2.05, 4.69) is 4.98 Å². The first-order valence-electron chi connectivity index (χ1n) is 5.31. The lowest BCUT2D eigenvalue weighted by Gasteiger charge is -2.07. The van der Waals surface area contributed by atoms with Gasteiger partial charge in [0.1, 0.15) is 18.2 Å². The minimum atomic E-state index is -1.10. The number of aromatic carboxylic acids is 1. The lowest BCUT2D eigenvalue weighted by atomic mass is 10.2. The summed E-state index contributed by atoms with van der Waals surface area (Å²) in [6.45, 7) is -0.0584. The molecule has 0 bridgehead atoms. The lowest BCUT2D eigenvalue weighted by molar-refractivity contribution is 0.0696. The van der Waals surface area contributed by atoms with Crippen LogP contribution in [-0.2, 0) is 6.61 Å². The molecule has 1 aromatic heterocycles. The standard InChI is InChI=1S/C13H9ClFNO3/c14-10-1-2-12(15)9(3-10)7-19-11-4-8(13(17)18)5-16-6-11/h1-6H,7H2,(H,17,18). The van der Waals surface area contributed by atoms with Crippen molar-refractivity contribution in [2.75, 3.05) is 0 Å². The minimum Gasteiger partial charge on any atom is -0.487 e. The van der Waals surface area contributed by atoms with E-state index >= 15 is 0 Å². The molecule has 0 aliphatic rings. The van der Waals surface area contributed by atoms with E-state index in [1.165, 1.54) is 36.7 Å². The van der Waals surface area contributed by atoms with Gasteiger partial charge in [0, 0.05) is 16.8 Å². The van der Waals surface area contributed by atoms with Gasteiger partial charge in [-0.25, -0.2) is 9.18 Å². The highest BCUT2D eigenvalue weighted by Gasteiger charge is 2.07. The second-order valence-electron chi connectivity index (χ2n) is 3.74. The van der Waals surface area contributed by atoms with Crippen molar-refractivity contribution in [3.63, 3.8) is 0 Å². The van der Waals surface area contributed by atoms with Crippen molar-refractivity contribution < 1.29 is 19.0 Å². The molecule has 1 aromatic carbocycles. The Bertz CT molecular complexity index is 619. The monoisotopic (exact) mass is 281 g/mol. The largest absolute Gasteiger partial charge is 0.487 e. The maximum atomic E-state index is 13.4. The number of hydrogen-bond donors (Lipinski definition) is 1. The lowest BCUT2D eigenvalue weighted by Crippen LogP contribution is -2.01. The van der Waals surface area contributed by atoms with Gasteiger partial charge in [-0.15, -0.1) is 0 Å². The Hall–Kier alpha value is -2.14. The topological polar surface area (TPSA) is 59.4 Å². The van der Waals surface area contributed by atoms with Crippen LogP contribution in [0.25, 0.3) is 0 Å². The van der Waals surface area contributed by atoms with E-state index in [1.54, 1.807) is 0 Å². The van der Waals surface area contributed by atoms with Crippen LogP contribution in [0.2, 0.25) is 5.02 Å². The first-order chi connectivity index (χ1) is 9.06. The maximum absolute atomic E-state index is 13.4. The number of carbonyl (C=O) groups is 1. The Morgan fingerprint density at radius 2 is 2.16 bits per heavy atom. The summed E-state index contributed by atoms with van der Waals surface area (Å²) in [5, 5.41) is 9.20. The molecule has 1 N–H and O–H groups in total. The molecular formula is C13H9ClFNO3. The molecule has 0 radical (unpaired) electrons. The van der Waals surface area contributed by atoms with Gasteiger partial charge in [-0.2, -0.15) is 0 Å². The Kier molecular flexibility index (Phi) is 3.97. The van der Waals surface area contributed by atoms with Crippen molar-refractivity contribution in [1.29, 1.82) is 0 Å². The van der Waals surface area contributed by atoms with Crippen LogP contribution in [-0.4, -0.2) is 16.1 Å². The average Bonchev–Trinajstić information content (AvgIpc) is 2.40. The van der Waals surface area contributed by atoms with E-state index in [9.17, 15) is 9.18 Å². The molecule has 98 valence electrons. The number of halogens is 2. The molecule has 0 aliphatic carbocycles. The quantitative estimate of drug-likeness (QED) is 0.935. The van der Waals surface area contributed by atoms with Crippen LogP contribution in [0.5, 0.6) is 5.75 Å². The van der Waals surface area contributed by atoms with Crippen molar-refractivity contribution in [2.45, 2.75) is 6.61 Å². The third-order valence-electron chi connectivity index (χ3n) is 2.36. The molecule has 0 saturated carbocycles. The van der Waals surface area contributed by atoms with Crippen molar-refractivity contribution in [2.24, 2.45) is 0 Å². The summed E-state index contributed by atoms with van der Waals surface area (Å²) in [5.74, 6) is -1.29. The van der Waals surface area contributed by atoms with E-state index < -0.39 is 11.8 Å². The molecule has 2 rings (SSSR count). The number of nitrogens with zero attached hydrogens (tertiary/aromatic N) is 1. The smallest absolute Gasteiger partial charge is 0.337 e. The summed E-state index contributed by atoms with van der Waals surface area (Å²) < 4.78 is 18.7. The fourth-order valence-electron chi connectivity index (χ4n) is 1.43. The molecule has 1 heterocycles. The Morgan fingerprint density at radius 1 is 1.37 bits per heavy atom. The van der Waals surface area contributed by atoms with Gasteiger partial charge < -0.3 is 9.84 Å². The Labute approximate surface area is 113 Å². The summed E-state index contributed by atoms with van der Waals surface area (Å²) in [6.07, 6.45) is 2.56. The van der Waals surface area contributed by atoms with Crippen molar-refractivity contribution in [3.05, 3.63) is 58.6 Å². The summed E-state index contributed by atoms with van der Waals surface area (Å²) >= 11 is 5.75. The van der Waals surface area contributed by atoms with E-state index in [4.69, 9.17) is 21.4 Å². The molecule has 0 unspecified atom stereocenters. The van der Waals surface area contributed by atoms with Crippen LogP contribution in [0, 0.1) is 5.82 Å². The SMILES string of the molecule is O=C(O)c1cncc(OCc2cc(Cl)ccc2F)c1. The second kappa shape index (κ2) is 5.67. The first kappa shape index (κ1) is 13.3.